The van der Waals surface area contributed by atoms with Crippen LogP contribution in [0.3, 0.4) is 0 Å². The van der Waals surface area contributed by atoms with Gasteiger partial charge in [-0.2, -0.15) is 0 Å². The van der Waals surface area contributed by atoms with Crippen molar-refractivity contribution < 1.29 is 28.5 Å². The highest BCUT2D eigenvalue weighted by atomic mass is 16.6. The molecule has 3 aliphatic rings. The summed E-state index contributed by atoms with van der Waals surface area (Å²) in [5.74, 6) is 1.06. The zero-order valence-corrected chi connectivity index (χ0v) is 26.0. The lowest BCUT2D eigenvalue weighted by atomic mass is 9.92. The van der Waals surface area contributed by atoms with Gasteiger partial charge in [0.1, 0.15) is 12.2 Å². The first-order valence-corrected chi connectivity index (χ1v) is 14.9. The summed E-state index contributed by atoms with van der Waals surface area (Å²) >= 11 is 0. The molecular weight excluding hydrogens is 506 g/mol. The fourth-order valence-electron chi connectivity index (χ4n) is 6.12. The Morgan fingerprint density at radius 1 is 1.15 bits per heavy atom. The smallest absolute Gasteiger partial charge is 0.308 e. The van der Waals surface area contributed by atoms with Gasteiger partial charge in [-0.3, -0.25) is 9.59 Å². The second kappa shape index (κ2) is 14.6. The van der Waals surface area contributed by atoms with Crippen LogP contribution < -0.4 is 0 Å². The minimum Gasteiger partial charge on any atom is -0.469 e. The number of carbonyl (C=O) groups is 2. The summed E-state index contributed by atoms with van der Waals surface area (Å²) in [6.07, 6.45) is 15.4. The average Bonchev–Trinajstić information content (AvgIpc) is 3.53. The molecule has 40 heavy (non-hydrogen) atoms. The molecule has 1 saturated heterocycles. The molecule has 0 unspecified atom stereocenters. The van der Waals surface area contributed by atoms with Gasteiger partial charge >= 0.3 is 11.9 Å². The molecule has 7 nitrogen and oxygen atoms in total. The Bertz CT molecular complexity index is 997. The van der Waals surface area contributed by atoms with Crippen molar-refractivity contribution >= 4 is 11.9 Å². The van der Waals surface area contributed by atoms with Crippen molar-refractivity contribution in [3.8, 4) is 0 Å². The third-order valence-electron chi connectivity index (χ3n) is 8.72. The number of hydrogen-bond acceptors (Lipinski definition) is 7. The van der Waals surface area contributed by atoms with Crippen molar-refractivity contribution in [2.45, 2.75) is 104 Å². The lowest BCUT2D eigenvalue weighted by Crippen LogP contribution is -2.55. The topological polar surface area (TPSA) is 74.3 Å². The fourth-order valence-corrected chi connectivity index (χ4v) is 6.12. The predicted molar refractivity (Wildman–Crippen MR) is 158 cm³/mol. The van der Waals surface area contributed by atoms with Crippen molar-refractivity contribution in [2.24, 2.45) is 23.7 Å². The molecule has 0 radical (unpaired) electrons. The van der Waals surface area contributed by atoms with Crippen LogP contribution in [0.5, 0.6) is 0 Å². The van der Waals surface area contributed by atoms with Crippen LogP contribution in [-0.2, 0) is 28.5 Å². The minimum absolute atomic E-state index is 0.0645. The molecule has 0 bridgehead atoms. The van der Waals surface area contributed by atoms with Gasteiger partial charge in [0.2, 0.25) is 0 Å². The Morgan fingerprint density at radius 2 is 1.85 bits per heavy atom. The number of methoxy groups -OCH3 is 1. The summed E-state index contributed by atoms with van der Waals surface area (Å²) in [7, 11) is 5.31. The summed E-state index contributed by atoms with van der Waals surface area (Å²) in [5, 5.41) is 0. The molecule has 0 amide bonds. The van der Waals surface area contributed by atoms with Crippen LogP contribution in [0.25, 0.3) is 0 Å². The molecule has 7 heteroatoms. The second-order valence-corrected chi connectivity index (χ2v) is 12.1. The number of allylic oxidation sites excluding steroid dienone is 4. The van der Waals surface area contributed by atoms with Crippen molar-refractivity contribution in [3.63, 3.8) is 0 Å². The Morgan fingerprint density at radius 3 is 2.48 bits per heavy atom. The number of ether oxygens (including phenoxy) is 4. The summed E-state index contributed by atoms with van der Waals surface area (Å²) in [4.78, 5) is 26.0. The van der Waals surface area contributed by atoms with Crippen LogP contribution in [0.4, 0.5) is 0 Å². The first kappa shape index (κ1) is 32.3. The summed E-state index contributed by atoms with van der Waals surface area (Å²) in [6.45, 7) is 12.4. The monoisotopic (exact) mass is 557 g/mol. The predicted octanol–water partition coefficient (Wildman–Crippen LogP) is 5.66. The van der Waals surface area contributed by atoms with Crippen LogP contribution in [0, 0.1) is 23.7 Å². The lowest BCUT2D eigenvalue weighted by Gasteiger charge is -2.42. The van der Waals surface area contributed by atoms with E-state index in [4.69, 9.17) is 18.9 Å². The Labute approximate surface area is 241 Å². The maximum Gasteiger partial charge on any atom is 0.308 e. The van der Waals surface area contributed by atoms with Gasteiger partial charge in [0.05, 0.1) is 37.9 Å². The number of esters is 2. The Kier molecular flexibility index (Phi) is 11.8. The first-order chi connectivity index (χ1) is 18.9. The largest absolute Gasteiger partial charge is 0.469 e. The molecule has 2 fully saturated rings. The lowest BCUT2D eigenvalue weighted by molar-refractivity contribution is -0.179. The molecule has 3 rings (SSSR count). The van der Waals surface area contributed by atoms with E-state index in [1.807, 2.05) is 25.1 Å². The van der Waals surface area contributed by atoms with E-state index in [1.165, 1.54) is 25.2 Å². The van der Waals surface area contributed by atoms with E-state index in [0.29, 0.717) is 30.1 Å². The molecule has 0 aromatic carbocycles. The molecule has 1 aliphatic carbocycles. The summed E-state index contributed by atoms with van der Waals surface area (Å²) in [6, 6.07) is -0.0645. The molecule has 2 heterocycles. The van der Waals surface area contributed by atoms with Crippen molar-refractivity contribution in [2.75, 3.05) is 21.2 Å². The molecule has 0 N–H and O–H groups in total. The average molecular weight is 558 g/mol. The summed E-state index contributed by atoms with van der Waals surface area (Å²) in [5.41, 5.74) is 2.64. The zero-order chi connectivity index (χ0) is 29.6. The number of likely N-dealkylation sites (N-methyl/N-ethyl adjacent to an activating group) is 1. The molecule has 0 aromatic rings. The van der Waals surface area contributed by atoms with Gasteiger partial charge in [-0.25, -0.2) is 0 Å². The van der Waals surface area contributed by atoms with Crippen molar-refractivity contribution in [3.05, 3.63) is 47.6 Å². The highest BCUT2D eigenvalue weighted by Crippen LogP contribution is 2.48. The van der Waals surface area contributed by atoms with Gasteiger partial charge in [-0.15, -0.1) is 0 Å². The Hall–Kier alpha value is -2.22. The number of hydrogen-bond donors (Lipinski definition) is 0. The third kappa shape index (κ3) is 8.64. The SMILES string of the molecule is CC[C@H]1O[C@@H](/C(C)=C/[C@H](C)/C=C/[C@H]2[C@@H](C)[C@@H]2/C=C/[C@@H]2O[C@H](CC(=O)OC)C[C@H](N(C)C)[C@H]2OC(C)=O)CC=C1C. The highest BCUT2D eigenvalue weighted by molar-refractivity contribution is 5.69. The van der Waals surface area contributed by atoms with Crippen LogP contribution in [0.1, 0.15) is 67.2 Å². The summed E-state index contributed by atoms with van der Waals surface area (Å²) < 4.78 is 23.2. The van der Waals surface area contributed by atoms with E-state index in [1.54, 1.807) is 0 Å². The molecule has 1 saturated carbocycles. The standard InChI is InChI=1S/C33H51NO6/c1-10-29-21(3)12-15-30(40-29)22(4)17-20(2)11-13-26-23(5)27(26)14-16-31-33(38-24(6)35)28(34(7)8)18-25(39-31)19-32(36)37-9/h11-14,16-17,20,23,25-31,33H,10,15,18-19H2,1-9H3/b13-11+,16-14+,22-17+/t20-,23-,25+,26+,27+,28+,29-,30-,31+,33-/m1/s1. The molecule has 2 aliphatic heterocycles. The zero-order valence-electron chi connectivity index (χ0n) is 26.0. The third-order valence-corrected chi connectivity index (χ3v) is 8.72. The van der Waals surface area contributed by atoms with E-state index in [9.17, 15) is 9.59 Å². The molecular formula is C33H51NO6. The van der Waals surface area contributed by atoms with E-state index < -0.39 is 12.2 Å². The maximum absolute atomic E-state index is 12.0. The van der Waals surface area contributed by atoms with Gasteiger partial charge in [-0.1, -0.05) is 57.2 Å². The quantitative estimate of drug-likeness (QED) is 0.240. The minimum atomic E-state index is -0.443. The van der Waals surface area contributed by atoms with Gasteiger partial charge in [0.15, 0.2) is 0 Å². The normalized spacial score (nSPS) is 35.6. The second-order valence-electron chi connectivity index (χ2n) is 12.1. The van der Waals surface area contributed by atoms with E-state index >= 15 is 0 Å². The first-order valence-electron chi connectivity index (χ1n) is 14.9. The van der Waals surface area contributed by atoms with E-state index in [-0.39, 0.29) is 42.7 Å². The van der Waals surface area contributed by atoms with Gasteiger partial charge in [0.25, 0.3) is 0 Å². The molecule has 0 aromatic heterocycles. The van der Waals surface area contributed by atoms with Crippen LogP contribution in [-0.4, -0.2) is 74.6 Å². The van der Waals surface area contributed by atoms with Gasteiger partial charge < -0.3 is 23.8 Å². The number of nitrogens with zero attached hydrogens (tertiary/aromatic N) is 1. The molecule has 224 valence electrons. The van der Waals surface area contributed by atoms with Gasteiger partial charge in [0, 0.05) is 6.92 Å². The van der Waals surface area contributed by atoms with E-state index in [2.05, 4.69) is 65.0 Å². The Balaban J connectivity index is 1.64. The number of carbonyl (C=O) groups excluding carboxylic acids is 2. The highest BCUT2D eigenvalue weighted by Gasteiger charge is 2.45. The van der Waals surface area contributed by atoms with Crippen LogP contribution in [0.2, 0.25) is 0 Å². The van der Waals surface area contributed by atoms with Crippen molar-refractivity contribution in [1.29, 1.82) is 0 Å². The van der Waals surface area contributed by atoms with Crippen molar-refractivity contribution in [1.82, 2.24) is 4.90 Å². The maximum atomic E-state index is 12.0. The molecule has 0 spiro atoms. The van der Waals surface area contributed by atoms with Crippen LogP contribution in [0.15, 0.2) is 47.6 Å². The van der Waals surface area contributed by atoms with E-state index in [0.717, 1.165) is 12.8 Å². The molecule has 10 atom stereocenters. The van der Waals surface area contributed by atoms with Gasteiger partial charge in [-0.05, 0) is 82.0 Å². The fraction of sp³-hybridized carbons (Fsp3) is 0.697. The number of rotatable bonds is 11. The van der Waals surface area contributed by atoms with Crippen LogP contribution >= 0.6 is 0 Å².